The van der Waals surface area contributed by atoms with Crippen molar-refractivity contribution < 1.29 is 14.3 Å². The molecule has 0 atom stereocenters. The average Bonchev–Trinajstić information content (AvgIpc) is 3.10. The molecule has 6 heteroatoms. The van der Waals surface area contributed by atoms with Crippen molar-refractivity contribution >= 4 is 41.1 Å². The number of thiophene rings is 1. The van der Waals surface area contributed by atoms with Gasteiger partial charge in [0.1, 0.15) is 0 Å². The molecule has 24 heavy (non-hydrogen) atoms. The van der Waals surface area contributed by atoms with Gasteiger partial charge in [-0.25, -0.2) is 4.79 Å². The van der Waals surface area contributed by atoms with E-state index in [1.807, 2.05) is 23.8 Å². The predicted octanol–water partition coefficient (Wildman–Crippen LogP) is 3.52. The van der Waals surface area contributed by atoms with Crippen molar-refractivity contribution in [2.75, 3.05) is 18.9 Å². The van der Waals surface area contributed by atoms with E-state index in [2.05, 4.69) is 29.6 Å². The second kappa shape index (κ2) is 9.95. The molecule has 0 aliphatic carbocycles. The van der Waals surface area contributed by atoms with Gasteiger partial charge < -0.3 is 10.1 Å². The molecular formula is C18H19NO3S2. The fourth-order valence-corrected chi connectivity index (χ4v) is 3.16. The number of thioether (sulfide) groups is 1. The van der Waals surface area contributed by atoms with Gasteiger partial charge in [-0.05, 0) is 47.5 Å². The SMILES string of the molecule is Cc1ccc(SCCNC(=O)COC(=O)/C=C/c2ccsc2)cc1. The third kappa shape index (κ3) is 7.02. The van der Waals surface area contributed by atoms with E-state index in [1.165, 1.54) is 16.5 Å². The number of hydrogen-bond donors (Lipinski definition) is 1. The highest BCUT2D eigenvalue weighted by molar-refractivity contribution is 7.99. The van der Waals surface area contributed by atoms with Gasteiger partial charge in [0.25, 0.3) is 5.91 Å². The van der Waals surface area contributed by atoms with E-state index in [-0.39, 0.29) is 12.5 Å². The zero-order valence-corrected chi connectivity index (χ0v) is 15.0. The van der Waals surface area contributed by atoms with Crippen LogP contribution in [0, 0.1) is 6.92 Å². The maximum atomic E-state index is 11.6. The number of carbonyl (C=O) groups excluding carboxylic acids is 2. The summed E-state index contributed by atoms with van der Waals surface area (Å²) in [6.45, 7) is 2.31. The standard InChI is InChI=1S/C18H19NO3S2/c1-14-2-5-16(6-3-14)24-11-9-19-17(20)12-22-18(21)7-4-15-8-10-23-13-15/h2-8,10,13H,9,11-12H2,1H3,(H,19,20)/b7-4+. The van der Waals surface area contributed by atoms with Crippen molar-refractivity contribution in [1.82, 2.24) is 5.32 Å². The molecule has 0 bridgehead atoms. The van der Waals surface area contributed by atoms with Crippen molar-refractivity contribution in [3.05, 3.63) is 58.3 Å². The average molecular weight is 361 g/mol. The molecule has 0 spiro atoms. The Balaban J connectivity index is 1.57. The lowest BCUT2D eigenvalue weighted by Crippen LogP contribution is -2.30. The molecule has 2 aromatic rings. The van der Waals surface area contributed by atoms with Gasteiger partial charge in [0, 0.05) is 23.3 Å². The minimum Gasteiger partial charge on any atom is -0.452 e. The molecule has 0 saturated heterocycles. The maximum absolute atomic E-state index is 11.6. The van der Waals surface area contributed by atoms with E-state index >= 15 is 0 Å². The van der Waals surface area contributed by atoms with Crippen LogP contribution in [-0.4, -0.2) is 30.8 Å². The molecule has 0 radical (unpaired) electrons. The monoisotopic (exact) mass is 361 g/mol. The van der Waals surface area contributed by atoms with E-state index in [1.54, 1.807) is 29.2 Å². The van der Waals surface area contributed by atoms with Crippen molar-refractivity contribution in [1.29, 1.82) is 0 Å². The number of nitrogens with one attached hydrogen (secondary N) is 1. The molecule has 4 nitrogen and oxygen atoms in total. The van der Waals surface area contributed by atoms with Crippen LogP contribution in [0.2, 0.25) is 0 Å². The normalized spacial score (nSPS) is 10.7. The van der Waals surface area contributed by atoms with E-state index in [4.69, 9.17) is 4.74 Å². The Morgan fingerprint density at radius 2 is 2.04 bits per heavy atom. The third-order valence-electron chi connectivity index (χ3n) is 3.01. The highest BCUT2D eigenvalue weighted by atomic mass is 32.2. The number of amides is 1. The number of rotatable bonds is 8. The highest BCUT2D eigenvalue weighted by Crippen LogP contribution is 2.17. The second-order valence-electron chi connectivity index (χ2n) is 5.01. The highest BCUT2D eigenvalue weighted by Gasteiger charge is 2.04. The molecule has 1 N–H and O–H groups in total. The van der Waals surface area contributed by atoms with Gasteiger partial charge in [-0.3, -0.25) is 4.79 Å². The Kier molecular flexibility index (Phi) is 7.58. The van der Waals surface area contributed by atoms with Crippen molar-refractivity contribution in [3.63, 3.8) is 0 Å². The first-order valence-electron chi connectivity index (χ1n) is 7.47. The van der Waals surface area contributed by atoms with Gasteiger partial charge in [0.15, 0.2) is 6.61 Å². The van der Waals surface area contributed by atoms with E-state index in [9.17, 15) is 9.59 Å². The van der Waals surface area contributed by atoms with E-state index in [0.29, 0.717) is 6.54 Å². The molecule has 2 rings (SSSR count). The first-order chi connectivity index (χ1) is 11.6. The summed E-state index contributed by atoms with van der Waals surface area (Å²) >= 11 is 3.22. The van der Waals surface area contributed by atoms with Crippen LogP contribution >= 0.6 is 23.1 Å². The summed E-state index contributed by atoms with van der Waals surface area (Å²) < 4.78 is 4.89. The molecule has 126 valence electrons. The number of hydrogen-bond acceptors (Lipinski definition) is 5. The van der Waals surface area contributed by atoms with E-state index < -0.39 is 5.97 Å². The molecule has 0 aliphatic rings. The first-order valence-corrected chi connectivity index (χ1v) is 9.39. The molecule has 0 fully saturated rings. The molecule has 0 unspecified atom stereocenters. The Hall–Kier alpha value is -2.05. The van der Waals surface area contributed by atoms with E-state index in [0.717, 1.165) is 11.3 Å². The quantitative estimate of drug-likeness (QED) is 0.338. The number of benzene rings is 1. The molecule has 0 aliphatic heterocycles. The zero-order chi connectivity index (χ0) is 17.2. The van der Waals surface area contributed by atoms with Gasteiger partial charge in [0.2, 0.25) is 0 Å². The van der Waals surface area contributed by atoms with Crippen molar-refractivity contribution in [2.24, 2.45) is 0 Å². The van der Waals surface area contributed by atoms with Crippen LogP contribution in [-0.2, 0) is 14.3 Å². The zero-order valence-electron chi connectivity index (χ0n) is 13.4. The summed E-state index contributed by atoms with van der Waals surface area (Å²) in [5.74, 6) is -0.0527. The fraction of sp³-hybridized carbons (Fsp3) is 0.222. The number of ether oxygens (including phenoxy) is 1. The third-order valence-corrected chi connectivity index (χ3v) is 4.73. The maximum Gasteiger partial charge on any atom is 0.331 e. The second-order valence-corrected chi connectivity index (χ2v) is 6.96. The molecule has 1 aromatic heterocycles. The lowest BCUT2D eigenvalue weighted by atomic mass is 10.2. The predicted molar refractivity (Wildman–Crippen MR) is 99.2 cm³/mol. The Labute approximate surface area is 149 Å². The lowest BCUT2D eigenvalue weighted by molar-refractivity contribution is -0.143. The van der Waals surface area contributed by atoms with Crippen LogP contribution in [0.1, 0.15) is 11.1 Å². The van der Waals surface area contributed by atoms with Crippen molar-refractivity contribution in [3.8, 4) is 0 Å². The summed E-state index contributed by atoms with van der Waals surface area (Å²) in [5, 5.41) is 6.57. The molecule has 1 heterocycles. The van der Waals surface area contributed by atoms with Gasteiger partial charge in [-0.2, -0.15) is 11.3 Å². The Bertz CT molecular complexity index is 679. The molecule has 1 aromatic carbocycles. The largest absolute Gasteiger partial charge is 0.452 e. The number of carbonyl (C=O) groups is 2. The minimum absolute atomic E-state index is 0.262. The van der Waals surface area contributed by atoms with Crippen LogP contribution in [0.5, 0.6) is 0 Å². The summed E-state index contributed by atoms with van der Waals surface area (Å²) in [5.41, 5.74) is 2.16. The van der Waals surface area contributed by atoms with Gasteiger partial charge in [-0.1, -0.05) is 17.7 Å². The molecule has 0 saturated carbocycles. The number of esters is 1. The van der Waals surface area contributed by atoms with Crippen LogP contribution in [0.15, 0.2) is 52.1 Å². The molecule has 1 amide bonds. The summed E-state index contributed by atoms with van der Waals surface area (Å²) in [6, 6.07) is 10.1. The van der Waals surface area contributed by atoms with Gasteiger partial charge >= 0.3 is 5.97 Å². The smallest absolute Gasteiger partial charge is 0.331 e. The number of aryl methyl sites for hydroxylation is 1. The topological polar surface area (TPSA) is 55.4 Å². The summed E-state index contributed by atoms with van der Waals surface area (Å²) in [7, 11) is 0. The molecular weight excluding hydrogens is 342 g/mol. The first kappa shape index (κ1) is 18.3. The van der Waals surface area contributed by atoms with Crippen LogP contribution in [0.25, 0.3) is 6.08 Å². The van der Waals surface area contributed by atoms with Crippen LogP contribution < -0.4 is 5.32 Å². The van der Waals surface area contributed by atoms with Crippen molar-refractivity contribution in [2.45, 2.75) is 11.8 Å². The van der Waals surface area contributed by atoms with Gasteiger partial charge in [-0.15, -0.1) is 11.8 Å². The van der Waals surface area contributed by atoms with Gasteiger partial charge in [0.05, 0.1) is 0 Å². The Morgan fingerprint density at radius 3 is 2.75 bits per heavy atom. The lowest BCUT2D eigenvalue weighted by Gasteiger charge is -2.05. The summed E-state index contributed by atoms with van der Waals surface area (Å²) in [4.78, 5) is 24.3. The van der Waals surface area contributed by atoms with Crippen LogP contribution in [0.4, 0.5) is 0 Å². The van der Waals surface area contributed by atoms with Crippen LogP contribution in [0.3, 0.4) is 0 Å². The minimum atomic E-state index is -0.523. The summed E-state index contributed by atoms with van der Waals surface area (Å²) in [6.07, 6.45) is 2.98. The fourth-order valence-electron chi connectivity index (χ4n) is 1.76. The Morgan fingerprint density at radius 1 is 1.25 bits per heavy atom.